The molecule has 0 aromatic heterocycles. The Bertz CT molecular complexity index is 600. The van der Waals surface area contributed by atoms with Gasteiger partial charge >= 0.3 is 0 Å². The molecule has 2 nitrogen and oxygen atoms in total. The van der Waals surface area contributed by atoms with Crippen molar-refractivity contribution in [3.05, 3.63) is 41.5 Å². The largest absolute Gasteiger partial charge is 0.337 e. The minimum Gasteiger partial charge on any atom is -0.337 e. The Morgan fingerprint density at radius 2 is 1.87 bits per heavy atom. The van der Waals surface area contributed by atoms with Crippen LogP contribution in [0, 0.1) is 5.89 Å². The van der Waals surface area contributed by atoms with Crippen molar-refractivity contribution in [1.82, 2.24) is 4.90 Å². The van der Waals surface area contributed by atoms with Gasteiger partial charge in [-0.1, -0.05) is 56.2 Å². The van der Waals surface area contributed by atoms with Gasteiger partial charge in [-0.15, -0.1) is 0 Å². The fourth-order valence-electron chi connectivity index (χ4n) is 3.57. The van der Waals surface area contributed by atoms with Crippen LogP contribution in [0.5, 0.6) is 0 Å². The lowest BCUT2D eigenvalue weighted by Gasteiger charge is -2.38. The summed E-state index contributed by atoms with van der Waals surface area (Å²) in [7, 11) is 0. The number of rotatable bonds is 6. The molecule has 1 aromatic carbocycles. The van der Waals surface area contributed by atoms with Gasteiger partial charge < -0.3 is 4.90 Å². The van der Waals surface area contributed by atoms with Crippen molar-refractivity contribution in [2.45, 2.75) is 71.9 Å². The summed E-state index contributed by atoms with van der Waals surface area (Å²) in [6, 6.07) is 8.30. The average Bonchev–Trinajstić information content (AvgIpc) is 2.52. The number of amides is 1. The summed E-state index contributed by atoms with van der Waals surface area (Å²) < 4.78 is 9.08. The lowest BCUT2D eigenvalue weighted by atomic mass is 9.76. The maximum Gasteiger partial charge on any atom is 0.231 e. The number of carbonyl (C=O) groups excluding carboxylic acids is 1. The maximum absolute atomic E-state index is 13.5. The predicted molar refractivity (Wildman–Crippen MR) is 98.4 cm³/mol. The van der Waals surface area contributed by atoms with Crippen LogP contribution in [-0.4, -0.2) is 22.9 Å². The fourth-order valence-corrected chi connectivity index (χ4v) is 3.57. The first kappa shape index (κ1) is 16.3. The van der Waals surface area contributed by atoms with Crippen molar-refractivity contribution in [2.24, 2.45) is 5.89 Å². The molecule has 1 aliphatic carbocycles. The van der Waals surface area contributed by atoms with E-state index in [-0.39, 0.29) is 18.0 Å². The lowest BCUT2D eigenvalue weighted by molar-refractivity contribution is -0.137. The topological polar surface area (TPSA) is 20.3 Å². The van der Waals surface area contributed by atoms with Crippen LogP contribution in [0.4, 0.5) is 0 Å². The third-order valence-electron chi connectivity index (χ3n) is 4.59. The van der Waals surface area contributed by atoms with E-state index in [4.69, 9.17) is 1.37 Å². The van der Waals surface area contributed by atoms with Crippen LogP contribution >= 0.6 is 0 Å². The maximum atomic E-state index is 13.5. The van der Waals surface area contributed by atoms with E-state index in [1.54, 1.807) is 0 Å². The van der Waals surface area contributed by atoms with Gasteiger partial charge in [-0.3, -0.25) is 4.79 Å². The standard InChI is InChI=1S/C21H31NO/c1-6-7-10-18-14-13-17-11-8-9-12-19(17)20(18)21(23)22(15(2)3)16(4)5/h8-9,11-16,18,20H,6-7,10H2,1-5H3/t18-,20+/m1/s1/i18D. The second-order valence-corrected chi connectivity index (χ2v) is 7.01. The molecular formula is C21H31NO. The predicted octanol–water partition coefficient (Wildman–Crippen LogP) is 5.25. The van der Waals surface area contributed by atoms with E-state index < -0.39 is 11.8 Å². The zero-order valence-corrected chi connectivity index (χ0v) is 15.2. The van der Waals surface area contributed by atoms with Gasteiger partial charge in [0, 0.05) is 13.5 Å². The van der Waals surface area contributed by atoms with Gasteiger partial charge in [-0.25, -0.2) is 0 Å². The van der Waals surface area contributed by atoms with Crippen LogP contribution in [0.25, 0.3) is 6.08 Å². The molecule has 0 bridgehead atoms. The molecule has 1 aliphatic rings. The summed E-state index contributed by atoms with van der Waals surface area (Å²) in [5.41, 5.74) is 2.07. The summed E-state index contributed by atoms with van der Waals surface area (Å²) in [5.74, 6) is -1.19. The van der Waals surface area contributed by atoms with Gasteiger partial charge in [0.25, 0.3) is 0 Å². The third-order valence-corrected chi connectivity index (χ3v) is 4.59. The number of unbranched alkanes of at least 4 members (excludes halogenated alkanes) is 1. The van der Waals surface area contributed by atoms with Crippen molar-refractivity contribution < 1.29 is 6.17 Å². The van der Waals surface area contributed by atoms with Crippen molar-refractivity contribution in [1.29, 1.82) is 0 Å². The minimum absolute atomic E-state index is 0.0860. The highest BCUT2D eigenvalue weighted by Gasteiger charge is 2.36. The Morgan fingerprint density at radius 1 is 1.22 bits per heavy atom. The van der Waals surface area contributed by atoms with E-state index in [0.717, 1.165) is 30.4 Å². The SMILES string of the molecule is [2H][C@@]1(CCCC)C=Cc2ccccc2[C@H]1C(=O)N(C(C)C)C(C)C. The zero-order chi connectivity index (χ0) is 17.9. The zero-order valence-electron chi connectivity index (χ0n) is 16.2. The summed E-state index contributed by atoms with van der Waals surface area (Å²) in [5, 5.41) is 0. The number of allylic oxidation sites excluding steroid dienone is 1. The molecule has 0 fully saturated rings. The van der Waals surface area contributed by atoms with Crippen molar-refractivity contribution >= 4 is 12.0 Å². The van der Waals surface area contributed by atoms with Gasteiger partial charge in [0.2, 0.25) is 5.91 Å². The molecule has 2 atom stereocenters. The van der Waals surface area contributed by atoms with Crippen LogP contribution in [-0.2, 0) is 4.79 Å². The van der Waals surface area contributed by atoms with E-state index in [9.17, 15) is 4.79 Å². The van der Waals surface area contributed by atoms with E-state index in [2.05, 4.69) is 34.6 Å². The molecule has 0 spiro atoms. The molecule has 0 aliphatic heterocycles. The van der Waals surface area contributed by atoms with E-state index in [1.165, 1.54) is 0 Å². The highest BCUT2D eigenvalue weighted by molar-refractivity contribution is 5.87. The number of carbonyl (C=O) groups is 1. The highest BCUT2D eigenvalue weighted by Crippen LogP contribution is 2.38. The number of benzene rings is 1. The molecule has 1 aromatic rings. The van der Waals surface area contributed by atoms with Crippen LogP contribution in [0.1, 0.15) is 72.3 Å². The molecule has 0 radical (unpaired) electrons. The minimum atomic E-state index is -0.858. The van der Waals surface area contributed by atoms with Gasteiger partial charge in [-0.05, 0) is 51.1 Å². The quantitative estimate of drug-likeness (QED) is 0.702. The summed E-state index contributed by atoms with van der Waals surface area (Å²) >= 11 is 0. The molecule has 1 amide bonds. The molecule has 0 unspecified atom stereocenters. The second kappa shape index (κ2) is 7.81. The van der Waals surface area contributed by atoms with Crippen molar-refractivity contribution in [3.63, 3.8) is 0 Å². The van der Waals surface area contributed by atoms with E-state index in [1.807, 2.05) is 41.3 Å². The van der Waals surface area contributed by atoms with Crippen LogP contribution in [0.3, 0.4) is 0 Å². The molecule has 2 rings (SSSR count). The summed E-state index contributed by atoms with van der Waals surface area (Å²) in [6.45, 7) is 10.4. The number of fused-ring (bicyclic) bond motifs is 1. The van der Waals surface area contributed by atoms with Gasteiger partial charge in [0.1, 0.15) is 0 Å². The number of hydrogen-bond donors (Lipinski definition) is 0. The highest BCUT2D eigenvalue weighted by atomic mass is 16.2. The molecule has 0 saturated heterocycles. The molecule has 0 saturated carbocycles. The Kier molecular flexibility index (Phi) is 5.53. The normalized spacial score (nSPS) is 23.8. The van der Waals surface area contributed by atoms with Crippen LogP contribution < -0.4 is 0 Å². The van der Waals surface area contributed by atoms with E-state index >= 15 is 0 Å². The molecule has 2 heteroatoms. The van der Waals surface area contributed by atoms with Crippen molar-refractivity contribution in [2.75, 3.05) is 0 Å². The first-order chi connectivity index (χ1) is 11.3. The summed E-state index contributed by atoms with van der Waals surface area (Å²) in [6.07, 6.45) is 6.69. The van der Waals surface area contributed by atoms with Crippen molar-refractivity contribution in [3.8, 4) is 0 Å². The van der Waals surface area contributed by atoms with E-state index in [0.29, 0.717) is 0 Å². The molecular weight excluding hydrogens is 282 g/mol. The smallest absolute Gasteiger partial charge is 0.231 e. The van der Waals surface area contributed by atoms with Crippen LogP contribution in [0.15, 0.2) is 30.3 Å². The van der Waals surface area contributed by atoms with Gasteiger partial charge in [0.15, 0.2) is 0 Å². The monoisotopic (exact) mass is 314 g/mol. The lowest BCUT2D eigenvalue weighted by Crippen LogP contribution is -2.46. The third kappa shape index (κ3) is 3.85. The Hall–Kier alpha value is -1.57. The average molecular weight is 314 g/mol. The molecule has 0 heterocycles. The van der Waals surface area contributed by atoms with Crippen LogP contribution in [0.2, 0.25) is 0 Å². The van der Waals surface area contributed by atoms with Gasteiger partial charge in [0.05, 0.1) is 5.92 Å². The summed E-state index contributed by atoms with van der Waals surface area (Å²) in [4.78, 5) is 15.4. The number of hydrogen-bond acceptors (Lipinski definition) is 1. The number of nitrogens with zero attached hydrogens (tertiary/aromatic N) is 1. The Balaban J connectivity index is 2.50. The molecule has 126 valence electrons. The molecule has 23 heavy (non-hydrogen) atoms. The Labute approximate surface area is 143 Å². The van der Waals surface area contributed by atoms with Gasteiger partial charge in [-0.2, -0.15) is 0 Å². The first-order valence-corrected chi connectivity index (χ1v) is 8.92. The fraction of sp³-hybridized carbons (Fsp3) is 0.571. The Morgan fingerprint density at radius 3 is 2.48 bits per heavy atom. The molecule has 0 N–H and O–H groups in total. The first-order valence-electron chi connectivity index (χ1n) is 9.42. The second-order valence-electron chi connectivity index (χ2n) is 7.01.